The first kappa shape index (κ1) is 10.7. The summed E-state index contributed by atoms with van der Waals surface area (Å²) in [6.45, 7) is 3.90. The molecule has 1 N–H and O–H groups in total. The molecule has 1 saturated carbocycles. The minimum absolute atomic E-state index is 0.0196. The van der Waals surface area contributed by atoms with Crippen LogP contribution in [-0.4, -0.2) is 10.7 Å². The van der Waals surface area contributed by atoms with Crippen molar-refractivity contribution < 1.29 is 5.11 Å². The van der Waals surface area contributed by atoms with Crippen molar-refractivity contribution in [3.8, 4) is 0 Å². The molecule has 0 aromatic heterocycles. The fourth-order valence-corrected chi connectivity index (χ4v) is 2.99. The highest BCUT2D eigenvalue weighted by molar-refractivity contribution is 5.30. The lowest BCUT2D eigenvalue weighted by molar-refractivity contribution is -0.00502. The summed E-state index contributed by atoms with van der Waals surface area (Å²) in [5.41, 5.74) is 0.661. The van der Waals surface area contributed by atoms with Crippen LogP contribution in [0, 0.1) is 0 Å². The molecular formula is C14H20O. The van der Waals surface area contributed by atoms with Crippen molar-refractivity contribution in [3.63, 3.8) is 0 Å². The molecule has 0 radical (unpaired) electrons. The molecule has 1 nitrogen and oxygen atoms in total. The zero-order valence-electron chi connectivity index (χ0n) is 9.66. The third kappa shape index (κ3) is 1.69. The summed E-state index contributed by atoms with van der Waals surface area (Å²) in [6, 6.07) is 10.5. The Morgan fingerprint density at radius 2 is 1.60 bits per heavy atom. The van der Waals surface area contributed by atoms with E-state index >= 15 is 0 Å². The molecule has 0 aliphatic heterocycles. The van der Waals surface area contributed by atoms with E-state index in [9.17, 15) is 5.11 Å². The summed E-state index contributed by atoms with van der Waals surface area (Å²) >= 11 is 0. The van der Waals surface area contributed by atoms with Crippen LogP contribution in [0.2, 0.25) is 0 Å². The molecule has 1 heteroatoms. The Bertz CT molecular complexity index is 315. The van der Waals surface area contributed by atoms with E-state index in [2.05, 4.69) is 24.3 Å². The Morgan fingerprint density at radius 3 is 2.07 bits per heavy atom. The van der Waals surface area contributed by atoms with Gasteiger partial charge in [-0.1, -0.05) is 43.2 Å². The smallest absolute Gasteiger partial charge is 0.0687 e. The van der Waals surface area contributed by atoms with Crippen molar-refractivity contribution in [2.45, 2.75) is 50.5 Å². The Balaban J connectivity index is 2.44. The number of hydrogen-bond acceptors (Lipinski definition) is 1. The molecule has 15 heavy (non-hydrogen) atoms. The van der Waals surface area contributed by atoms with Crippen molar-refractivity contribution in [2.75, 3.05) is 0 Å². The molecule has 82 valence electrons. The first-order chi connectivity index (χ1) is 7.06. The molecule has 0 unspecified atom stereocenters. The Labute approximate surface area is 92.1 Å². The second-order valence-corrected chi connectivity index (χ2v) is 5.21. The molecule has 1 aromatic carbocycles. The van der Waals surface area contributed by atoms with E-state index in [-0.39, 0.29) is 5.41 Å². The maximum atomic E-state index is 10.4. The van der Waals surface area contributed by atoms with Crippen molar-refractivity contribution in [3.05, 3.63) is 35.9 Å². The quantitative estimate of drug-likeness (QED) is 0.784. The normalized spacial score (nSPS) is 20.5. The first-order valence-electron chi connectivity index (χ1n) is 5.84. The zero-order chi connectivity index (χ0) is 10.9. The summed E-state index contributed by atoms with van der Waals surface area (Å²) < 4.78 is 0. The molecule has 1 aromatic rings. The summed E-state index contributed by atoms with van der Waals surface area (Å²) in [7, 11) is 0. The predicted octanol–water partition coefficient (Wildman–Crippen LogP) is 3.27. The maximum Gasteiger partial charge on any atom is 0.0687 e. The predicted molar refractivity (Wildman–Crippen MR) is 62.9 cm³/mol. The fraction of sp³-hybridized carbons (Fsp3) is 0.571. The van der Waals surface area contributed by atoms with Gasteiger partial charge in [-0.15, -0.1) is 0 Å². The highest BCUT2D eigenvalue weighted by atomic mass is 16.3. The molecule has 1 fully saturated rings. The molecule has 0 saturated heterocycles. The molecule has 1 aliphatic carbocycles. The topological polar surface area (TPSA) is 20.2 Å². The molecule has 0 spiro atoms. The van der Waals surface area contributed by atoms with Crippen LogP contribution in [-0.2, 0) is 5.41 Å². The van der Waals surface area contributed by atoms with Crippen LogP contribution in [0.25, 0.3) is 0 Å². The van der Waals surface area contributed by atoms with Crippen molar-refractivity contribution in [1.82, 2.24) is 0 Å². The SMILES string of the molecule is CC(C)(O)C1(c2ccccc2)CCCC1. The second-order valence-electron chi connectivity index (χ2n) is 5.21. The van der Waals surface area contributed by atoms with E-state index in [0.29, 0.717) is 0 Å². The van der Waals surface area contributed by atoms with Gasteiger partial charge in [0.1, 0.15) is 0 Å². The van der Waals surface area contributed by atoms with Crippen LogP contribution in [0.3, 0.4) is 0 Å². The van der Waals surface area contributed by atoms with Gasteiger partial charge >= 0.3 is 0 Å². The molecular weight excluding hydrogens is 184 g/mol. The summed E-state index contributed by atoms with van der Waals surface area (Å²) in [4.78, 5) is 0. The Kier molecular flexibility index (Phi) is 2.59. The van der Waals surface area contributed by atoms with Gasteiger partial charge in [0.05, 0.1) is 5.60 Å². The standard InChI is InChI=1S/C14H20O/c1-13(2,15)14(10-6-7-11-14)12-8-4-3-5-9-12/h3-5,8-9,15H,6-7,10-11H2,1-2H3. The molecule has 2 rings (SSSR count). The van der Waals surface area contributed by atoms with E-state index in [4.69, 9.17) is 0 Å². The summed E-state index contributed by atoms with van der Waals surface area (Å²) in [5.74, 6) is 0. The lowest BCUT2D eigenvalue weighted by Gasteiger charge is -2.41. The monoisotopic (exact) mass is 204 g/mol. The van der Waals surface area contributed by atoms with E-state index in [1.165, 1.54) is 18.4 Å². The van der Waals surface area contributed by atoms with E-state index in [0.717, 1.165) is 12.8 Å². The van der Waals surface area contributed by atoms with Gasteiger partial charge in [0.25, 0.3) is 0 Å². The second kappa shape index (κ2) is 3.64. The zero-order valence-corrected chi connectivity index (χ0v) is 9.66. The minimum Gasteiger partial charge on any atom is -0.390 e. The van der Waals surface area contributed by atoms with Gasteiger partial charge in [0.15, 0.2) is 0 Å². The Morgan fingerprint density at radius 1 is 1.07 bits per heavy atom. The minimum atomic E-state index is -0.620. The van der Waals surface area contributed by atoms with E-state index in [1.54, 1.807) is 0 Å². The molecule has 0 heterocycles. The summed E-state index contributed by atoms with van der Waals surface area (Å²) in [5, 5.41) is 10.4. The molecule has 1 aliphatic rings. The molecule has 0 amide bonds. The first-order valence-corrected chi connectivity index (χ1v) is 5.84. The number of benzene rings is 1. The van der Waals surface area contributed by atoms with Gasteiger partial charge in [-0.3, -0.25) is 0 Å². The Hall–Kier alpha value is -0.820. The van der Waals surface area contributed by atoms with Crippen LogP contribution in [0.5, 0.6) is 0 Å². The molecule has 0 atom stereocenters. The van der Waals surface area contributed by atoms with E-state index in [1.807, 2.05) is 19.9 Å². The van der Waals surface area contributed by atoms with Crippen LogP contribution in [0.4, 0.5) is 0 Å². The fourth-order valence-electron chi connectivity index (χ4n) is 2.99. The van der Waals surface area contributed by atoms with E-state index < -0.39 is 5.60 Å². The van der Waals surface area contributed by atoms with Gasteiger partial charge in [-0.05, 0) is 32.3 Å². The summed E-state index contributed by atoms with van der Waals surface area (Å²) in [6.07, 6.45) is 4.69. The highest BCUT2D eigenvalue weighted by Gasteiger charge is 2.46. The van der Waals surface area contributed by atoms with Crippen LogP contribution >= 0.6 is 0 Å². The largest absolute Gasteiger partial charge is 0.390 e. The van der Waals surface area contributed by atoms with Crippen LogP contribution in [0.1, 0.15) is 45.1 Å². The lowest BCUT2D eigenvalue weighted by atomic mass is 9.67. The third-order valence-corrected chi connectivity index (χ3v) is 3.95. The van der Waals surface area contributed by atoms with Gasteiger partial charge in [0, 0.05) is 5.41 Å². The van der Waals surface area contributed by atoms with Crippen LogP contribution < -0.4 is 0 Å². The number of hydrogen-bond donors (Lipinski definition) is 1. The van der Waals surface area contributed by atoms with Crippen molar-refractivity contribution >= 4 is 0 Å². The average molecular weight is 204 g/mol. The van der Waals surface area contributed by atoms with Gasteiger partial charge in [-0.2, -0.15) is 0 Å². The molecule has 0 bridgehead atoms. The number of aliphatic hydroxyl groups is 1. The van der Waals surface area contributed by atoms with Gasteiger partial charge in [0.2, 0.25) is 0 Å². The maximum absolute atomic E-state index is 10.4. The average Bonchev–Trinajstić information content (AvgIpc) is 2.68. The van der Waals surface area contributed by atoms with Crippen molar-refractivity contribution in [1.29, 1.82) is 0 Å². The highest BCUT2D eigenvalue weighted by Crippen LogP contribution is 2.48. The van der Waals surface area contributed by atoms with Gasteiger partial charge in [-0.25, -0.2) is 0 Å². The van der Waals surface area contributed by atoms with Crippen molar-refractivity contribution in [2.24, 2.45) is 0 Å². The number of rotatable bonds is 2. The van der Waals surface area contributed by atoms with Crippen LogP contribution in [0.15, 0.2) is 30.3 Å². The lowest BCUT2D eigenvalue weighted by Crippen LogP contribution is -2.45. The third-order valence-electron chi connectivity index (χ3n) is 3.95. The van der Waals surface area contributed by atoms with Gasteiger partial charge < -0.3 is 5.11 Å².